The first-order valence-corrected chi connectivity index (χ1v) is 8.36. The summed E-state index contributed by atoms with van der Waals surface area (Å²) in [6.45, 7) is 2.43. The molecule has 0 heterocycles. The first kappa shape index (κ1) is 15.0. The van der Waals surface area contributed by atoms with Crippen molar-refractivity contribution in [1.29, 1.82) is 0 Å². The summed E-state index contributed by atoms with van der Waals surface area (Å²) in [6, 6.07) is 17.3. The highest BCUT2D eigenvalue weighted by Crippen LogP contribution is 2.56. The molecule has 0 aliphatic heterocycles. The van der Waals surface area contributed by atoms with Crippen LogP contribution in [0.15, 0.2) is 66.2 Å². The lowest BCUT2D eigenvalue weighted by Gasteiger charge is -2.09. The van der Waals surface area contributed by atoms with Crippen molar-refractivity contribution in [2.75, 3.05) is 0 Å². The quantitative estimate of drug-likeness (QED) is 0.590. The van der Waals surface area contributed by atoms with E-state index in [0.717, 1.165) is 23.5 Å². The van der Waals surface area contributed by atoms with Gasteiger partial charge in [-0.3, -0.25) is 4.79 Å². The number of esters is 1. The molecule has 1 saturated carbocycles. The third kappa shape index (κ3) is 3.07. The molecular weight excluding hydrogens is 300 g/mol. The molecule has 0 bridgehead atoms. The van der Waals surface area contributed by atoms with E-state index in [9.17, 15) is 4.79 Å². The number of para-hydroxylation sites is 1. The van der Waals surface area contributed by atoms with Crippen LogP contribution in [0, 0.1) is 17.8 Å². The molecule has 3 atom stereocenters. The van der Waals surface area contributed by atoms with Crippen LogP contribution in [0.2, 0.25) is 0 Å². The monoisotopic (exact) mass is 320 g/mol. The lowest BCUT2D eigenvalue weighted by molar-refractivity contribution is -0.147. The van der Waals surface area contributed by atoms with Crippen molar-refractivity contribution in [3.8, 4) is 11.5 Å². The zero-order valence-electron chi connectivity index (χ0n) is 13.6. The zero-order valence-corrected chi connectivity index (χ0v) is 13.6. The Balaban J connectivity index is 1.34. The molecule has 2 aromatic carbocycles. The van der Waals surface area contributed by atoms with Crippen LogP contribution in [0.1, 0.15) is 18.9 Å². The predicted octanol–water partition coefficient (Wildman–Crippen LogP) is 4.73. The van der Waals surface area contributed by atoms with Crippen LogP contribution in [-0.4, -0.2) is 5.97 Å². The fourth-order valence-electron chi connectivity index (χ4n) is 3.57. The fraction of sp³-hybridized carbons (Fsp3) is 0.286. The Labute approximate surface area is 141 Å². The summed E-state index contributed by atoms with van der Waals surface area (Å²) in [5.74, 6) is 2.47. The molecule has 3 heteroatoms. The van der Waals surface area contributed by atoms with Gasteiger partial charge in [-0.15, -0.1) is 0 Å². The molecule has 2 aliphatic carbocycles. The van der Waals surface area contributed by atoms with Crippen molar-refractivity contribution in [3.63, 3.8) is 0 Å². The van der Waals surface area contributed by atoms with E-state index >= 15 is 0 Å². The highest BCUT2D eigenvalue weighted by molar-refractivity contribution is 5.77. The summed E-state index contributed by atoms with van der Waals surface area (Å²) in [7, 11) is 0. The molecule has 2 aliphatic rings. The topological polar surface area (TPSA) is 35.5 Å². The average Bonchev–Trinajstić information content (AvgIpc) is 3.11. The van der Waals surface area contributed by atoms with Crippen LogP contribution in [0.3, 0.4) is 0 Å². The minimum atomic E-state index is -0.0665. The summed E-state index contributed by atoms with van der Waals surface area (Å²) in [4.78, 5) is 12.2. The van der Waals surface area contributed by atoms with E-state index in [-0.39, 0.29) is 11.9 Å². The third-order valence-electron chi connectivity index (χ3n) is 4.79. The van der Waals surface area contributed by atoms with Crippen LogP contribution < -0.4 is 4.74 Å². The summed E-state index contributed by atoms with van der Waals surface area (Å²) < 4.78 is 11.3. The van der Waals surface area contributed by atoms with Crippen LogP contribution in [0.25, 0.3) is 0 Å². The van der Waals surface area contributed by atoms with Gasteiger partial charge in [0.15, 0.2) is 0 Å². The first-order valence-electron chi connectivity index (χ1n) is 8.36. The normalized spacial score (nSPS) is 24.0. The number of allylic oxidation sites excluding steroid dienone is 2. The Morgan fingerprint density at radius 2 is 1.88 bits per heavy atom. The minimum Gasteiger partial charge on any atom is -0.461 e. The third-order valence-corrected chi connectivity index (χ3v) is 4.79. The Hall–Kier alpha value is -2.55. The minimum absolute atomic E-state index is 0.0665. The van der Waals surface area contributed by atoms with Gasteiger partial charge in [0.25, 0.3) is 0 Å². The lowest BCUT2D eigenvalue weighted by Crippen LogP contribution is -2.10. The van der Waals surface area contributed by atoms with Crippen molar-refractivity contribution in [3.05, 3.63) is 71.8 Å². The molecular formula is C21H20O3. The number of fused-ring (bicyclic) bond motifs is 1. The van der Waals surface area contributed by atoms with Crippen LogP contribution in [-0.2, 0) is 16.1 Å². The number of hydrogen-bond donors (Lipinski definition) is 0. The van der Waals surface area contributed by atoms with Crippen molar-refractivity contribution < 1.29 is 14.3 Å². The van der Waals surface area contributed by atoms with Gasteiger partial charge >= 0.3 is 5.97 Å². The molecule has 122 valence electrons. The molecule has 0 spiro atoms. The Kier molecular flexibility index (Phi) is 3.85. The standard InChI is InChI=1S/C21H20O3/c1-14-10-18-19(11-14)20(18)21(22)23-13-15-6-5-9-17(12-15)24-16-7-3-2-4-8-16/h2-10,12,18-20H,11,13H2,1H3/t18-,19+,20+/m0/s1. The molecule has 1 fully saturated rings. The zero-order chi connectivity index (χ0) is 16.5. The number of hydrogen-bond acceptors (Lipinski definition) is 3. The number of ether oxygens (including phenoxy) is 2. The van der Waals surface area contributed by atoms with Gasteiger partial charge in [-0.1, -0.05) is 42.0 Å². The van der Waals surface area contributed by atoms with Gasteiger partial charge in [0.2, 0.25) is 0 Å². The van der Waals surface area contributed by atoms with Crippen LogP contribution in [0.5, 0.6) is 11.5 Å². The van der Waals surface area contributed by atoms with Gasteiger partial charge in [-0.25, -0.2) is 0 Å². The molecule has 0 aromatic heterocycles. The summed E-state index contributed by atoms with van der Waals surface area (Å²) in [5.41, 5.74) is 2.34. The predicted molar refractivity (Wildman–Crippen MR) is 91.6 cm³/mol. The molecule has 3 nitrogen and oxygen atoms in total. The number of benzene rings is 2. The molecule has 0 amide bonds. The smallest absolute Gasteiger partial charge is 0.310 e. The first-order chi connectivity index (χ1) is 11.7. The van der Waals surface area contributed by atoms with E-state index in [1.165, 1.54) is 5.57 Å². The van der Waals surface area contributed by atoms with Crippen LogP contribution >= 0.6 is 0 Å². The van der Waals surface area contributed by atoms with Crippen molar-refractivity contribution >= 4 is 5.97 Å². The van der Waals surface area contributed by atoms with E-state index in [0.29, 0.717) is 18.4 Å². The molecule has 2 aromatic rings. The molecule has 0 radical (unpaired) electrons. The van der Waals surface area contributed by atoms with E-state index in [1.54, 1.807) is 0 Å². The van der Waals surface area contributed by atoms with E-state index < -0.39 is 0 Å². The number of rotatable bonds is 5. The second kappa shape index (κ2) is 6.16. The van der Waals surface area contributed by atoms with Gasteiger partial charge in [-0.2, -0.15) is 0 Å². The van der Waals surface area contributed by atoms with Gasteiger partial charge in [0, 0.05) is 0 Å². The van der Waals surface area contributed by atoms with Gasteiger partial charge < -0.3 is 9.47 Å². The number of carbonyl (C=O) groups is 1. The van der Waals surface area contributed by atoms with E-state index in [4.69, 9.17) is 9.47 Å². The fourth-order valence-corrected chi connectivity index (χ4v) is 3.57. The largest absolute Gasteiger partial charge is 0.461 e. The Morgan fingerprint density at radius 3 is 2.62 bits per heavy atom. The highest BCUT2D eigenvalue weighted by Gasteiger charge is 2.56. The summed E-state index contributed by atoms with van der Waals surface area (Å²) in [5, 5.41) is 0. The van der Waals surface area contributed by atoms with E-state index in [2.05, 4.69) is 13.0 Å². The Morgan fingerprint density at radius 1 is 1.08 bits per heavy atom. The van der Waals surface area contributed by atoms with Crippen molar-refractivity contribution in [2.45, 2.75) is 20.0 Å². The molecule has 24 heavy (non-hydrogen) atoms. The maximum atomic E-state index is 12.2. The second-order valence-corrected chi connectivity index (χ2v) is 6.65. The Bertz CT molecular complexity index is 779. The highest BCUT2D eigenvalue weighted by atomic mass is 16.5. The van der Waals surface area contributed by atoms with Crippen molar-refractivity contribution in [1.82, 2.24) is 0 Å². The summed E-state index contributed by atoms with van der Waals surface area (Å²) in [6.07, 6.45) is 3.27. The van der Waals surface area contributed by atoms with Gasteiger partial charge in [-0.05, 0) is 55.0 Å². The lowest BCUT2D eigenvalue weighted by atomic mass is 10.1. The number of carbonyl (C=O) groups excluding carboxylic acids is 1. The van der Waals surface area contributed by atoms with Gasteiger partial charge in [0.1, 0.15) is 18.1 Å². The second-order valence-electron chi connectivity index (χ2n) is 6.65. The average molecular weight is 320 g/mol. The SMILES string of the molecule is CC1=C[C@H]2[C@@H](C1)[C@@H]2C(=O)OCc1cccc(Oc2ccccc2)c1. The summed E-state index contributed by atoms with van der Waals surface area (Å²) >= 11 is 0. The van der Waals surface area contributed by atoms with E-state index in [1.807, 2.05) is 54.6 Å². The van der Waals surface area contributed by atoms with Gasteiger partial charge in [0.05, 0.1) is 5.92 Å². The molecule has 4 rings (SSSR count). The maximum Gasteiger partial charge on any atom is 0.310 e. The molecule has 0 N–H and O–H groups in total. The molecule has 0 saturated heterocycles. The maximum absolute atomic E-state index is 12.2. The van der Waals surface area contributed by atoms with Crippen molar-refractivity contribution in [2.24, 2.45) is 17.8 Å². The molecule has 0 unspecified atom stereocenters. The van der Waals surface area contributed by atoms with Crippen LogP contribution in [0.4, 0.5) is 0 Å².